The van der Waals surface area contributed by atoms with Gasteiger partial charge in [0, 0.05) is 44.0 Å². The fourth-order valence-corrected chi connectivity index (χ4v) is 3.00. The number of hydrogen-bond acceptors (Lipinski definition) is 5. The minimum absolute atomic E-state index is 0. The molecule has 2 aliphatic heterocycles. The Balaban J connectivity index is 0.00000144. The van der Waals surface area contributed by atoms with Gasteiger partial charge in [-0.3, -0.25) is 4.79 Å². The second kappa shape index (κ2) is 10.0. The van der Waals surface area contributed by atoms with E-state index < -0.39 is 0 Å². The number of piperazine rings is 1. The first-order valence-electron chi connectivity index (χ1n) is 8.13. The Morgan fingerprint density at radius 1 is 1.21 bits per heavy atom. The van der Waals surface area contributed by atoms with Crippen molar-refractivity contribution in [2.24, 2.45) is 0 Å². The molecule has 0 bridgehead atoms. The molecule has 2 fully saturated rings. The van der Waals surface area contributed by atoms with E-state index in [-0.39, 0.29) is 36.8 Å². The van der Waals surface area contributed by atoms with Gasteiger partial charge >= 0.3 is 0 Å². The van der Waals surface area contributed by atoms with E-state index in [4.69, 9.17) is 0 Å². The number of hydrogen-bond donors (Lipinski definition) is 2. The van der Waals surface area contributed by atoms with Crippen molar-refractivity contribution >= 4 is 36.5 Å². The molecule has 0 aromatic carbocycles. The highest BCUT2D eigenvalue weighted by Gasteiger charge is 2.19. The van der Waals surface area contributed by atoms with Gasteiger partial charge in [-0.25, -0.2) is 4.98 Å². The minimum atomic E-state index is 0. The Bertz CT molecular complexity index is 517. The highest BCUT2D eigenvalue weighted by molar-refractivity contribution is 5.95. The summed E-state index contributed by atoms with van der Waals surface area (Å²) in [7, 11) is 2.13. The summed E-state index contributed by atoms with van der Waals surface area (Å²) >= 11 is 0. The fourth-order valence-electron chi connectivity index (χ4n) is 3.00. The molecule has 8 heteroatoms. The summed E-state index contributed by atoms with van der Waals surface area (Å²) in [4.78, 5) is 21.4. The Labute approximate surface area is 156 Å². The van der Waals surface area contributed by atoms with Gasteiger partial charge in [-0.15, -0.1) is 24.8 Å². The number of aromatic nitrogens is 1. The summed E-state index contributed by atoms with van der Waals surface area (Å²) in [6.45, 7) is 5.95. The van der Waals surface area contributed by atoms with Crippen molar-refractivity contribution in [1.82, 2.24) is 20.5 Å². The van der Waals surface area contributed by atoms with Gasteiger partial charge in [-0.2, -0.15) is 0 Å². The molecule has 1 amide bonds. The van der Waals surface area contributed by atoms with Crippen molar-refractivity contribution in [1.29, 1.82) is 0 Å². The second-order valence-corrected chi connectivity index (χ2v) is 6.19. The SMILES string of the molecule is CN1CCN(c2cc(C(=O)NC3CCNCC3)ccn2)CC1.Cl.Cl. The standard InChI is InChI=1S/C16H25N5O.2ClH/c1-20-8-10-21(11-9-20)15-12-13(2-7-18-15)16(22)19-14-3-5-17-6-4-14;;/h2,7,12,14,17H,3-6,8-11H2,1H3,(H,19,22);2*1H. The van der Waals surface area contributed by atoms with Gasteiger partial charge in [0.1, 0.15) is 5.82 Å². The lowest BCUT2D eigenvalue weighted by atomic mass is 10.1. The average Bonchev–Trinajstić information content (AvgIpc) is 2.56. The van der Waals surface area contributed by atoms with E-state index in [1.807, 2.05) is 6.07 Å². The first-order valence-corrected chi connectivity index (χ1v) is 8.13. The van der Waals surface area contributed by atoms with Crippen LogP contribution >= 0.6 is 24.8 Å². The maximum atomic E-state index is 12.4. The number of rotatable bonds is 3. The molecule has 2 saturated heterocycles. The monoisotopic (exact) mass is 375 g/mol. The van der Waals surface area contributed by atoms with Crippen LogP contribution in [0.25, 0.3) is 0 Å². The molecule has 3 rings (SSSR count). The number of carbonyl (C=O) groups excluding carboxylic acids is 1. The van der Waals surface area contributed by atoms with Gasteiger partial charge in [-0.05, 0) is 45.1 Å². The molecule has 1 aromatic rings. The molecule has 0 spiro atoms. The van der Waals surface area contributed by atoms with Gasteiger partial charge in [0.25, 0.3) is 5.91 Å². The quantitative estimate of drug-likeness (QED) is 0.829. The molecule has 0 saturated carbocycles. The van der Waals surface area contributed by atoms with Crippen LogP contribution in [0.3, 0.4) is 0 Å². The molecule has 0 unspecified atom stereocenters. The number of piperidine rings is 1. The summed E-state index contributed by atoms with van der Waals surface area (Å²) in [5.41, 5.74) is 0.711. The molecule has 2 aliphatic rings. The number of pyridine rings is 1. The number of nitrogens with one attached hydrogen (secondary N) is 2. The van der Waals surface area contributed by atoms with Crippen LogP contribution in [-0.4, -0.2) is 68.1 Å². The number of amides is 1. The molecular formula is C16H27Cl2N5O. The first kappa shape index (κ1) is 21.0. The number of halogens is 2. The van der Waals surface area contributed by atoms with Crippen LogP contribution in [0.5, 0.6) is 0 Å². The van der Waals surface area contributed by atoms with Crippen LogP contribution in [0.15, 0.2) is 18.3 Å². The maximum absolute atomic E-state index is 12.4. The van der Waals surface area contributed by atoms with Crippen molar-refractivity contribution in [3.8, 4) is 0 Å². The first-order chi connectivity index (χ1) is 10.7. The Morgan fingerprint density at radius 2 is 1.88 bits per heavy atom. The highest BCUT2D eigenvalue weighted by atomic mass is 35.5. The maximum Gasteiger partial charge on any atom is 0.251 e. The second-order valence-electron chi connectivity index (χ2n) is 6.19. The van der Waals surface area contributed by atoms with E-state index in [1.54, 1.807) is 12.3 Å². The normalized spacial score (nSPS) is 19.1. The summed E-state index contributed by atoms with van der Waals surface area (Å²) in [6.07, 6.45) is 3.75. The molecule has 1 aromatic heterocycles. The molecule has 3 heterocycles. The van der Waals surface area contributed by atoms with E-state index in [0.717, 1.165) is 57.9 Å². The molecule has 136 valence electrons. The van der Waals surface area contributed by atoms with Gasteiger partial charge in [0.15, 0.2) is 0 Å². The van der Waals surface area contributed by atoms with Crippen LogP contribution < -0.4 is 15.5 Å². The van der Waals surface area contributed by atoms with Gasteiger partial charge in [0.05, 0.1) is 0 Å². The summed E-state index contributed by atoms with van der Waals surface area (Å²) in [5, 5.41) is 6.45. The van der Waals surface area contributed by atoms with Crippen LogP contribution in [0.2, 0.25) is 0 Å². The van der Waals surface area contributed by atoms with Gasteiger partial charge in [0.2, 0.25) is 0 Å². The van der Waals surface area contributed by atoms with E-state index >= 15 is 0 Å². The van der Waals surface area contributed by atoms with Crippen LogP contribution in [-0.2, 0) is 0 Å². The molecule has 0 radical (unpaired) electrons. The lowest BCUT2D eigenvalue weighted by Crippen LogP contribution is -2.45. The van der Waals surface area contributed by atoms with Crippen molar-refractivity contribution in [3.63, 3.8) is 0 Å². The van der Waals surface area contributed by atoms with E-state index in [9.17, 15) is 4.79 Å². The van der Waals surface area contributed by atoms with Gasteiger partial charge in [-0.1, -0.05) is 0 Å². The van der Waals surface area contributed by atoms with E-state index in [1.165, 1.54) is 0 Å². The molecular weight excluding hydrogens is 349 g/mol. The zero-order valence-electron chi connectivity index (χ0n) is 14.0. The Hall–Kier alpha value is -1.08. The molecule has 6 nitrogen and oxygen atoms in total. The third-order valence-electron chi connectivity index (χ3n) is 4.51. The van der Waals surface area contributed by atoms with E-state index in [0.29, 0.717) is 5.56 Å². The minimum Gasteiger partial charge on any atom is -0.354 e. The third kappa shape index (κ3) is 5.48. The molecule has 2 N–H and O–H groups in total. The Morgan fingerprint density at radius 3 is 2.54 bits per heavy atom. The number of nitrogens with zero attached hydrogens (tertiary/aromatic N) is 3. The van der Waals surface area contributed by atoms with Gasteiger partial charge < -0.3 is 20.4 Å². The van der Waals surface area contributed by atoms with Crippen LogP contribution in [0.4, 0.5) is 5.82 Å². The smallest absolute Gasteiger partial charge is 0.251 e. The molecule has 0 aliphatic carbocycles. The summed E-state index contributed by atoms with van der Waals surface area (Å²) < 4.78 is 0. The van der Waals surface area contributed by atoms with Crippen molar-refractivity contribution < 1.29 is 4.79 Å². The topological polar surface area (TPSA) is 60.5 Å². The summed E-state index contributed by atoms with van der Waals surface area (Å²) in [6, 6.07) is 4.01. The zero-order chi connectivity index (χ0) is 15.4. The number of anilines is 1. The van der Waals surface area contributed by atoms with E-state index in [2.05, 4.69) is 32.5 Å². The molecule has 24 heavy (non-hydrogen) atoms. The fraction of sp³-hybridized carbons (Fsp3) is 0.625. The third-order valence-corrected chi connectivity index (χ3v) is 4.51. The van der Waals surface area contributed by atoms with Crippen molar-refractivity contribution in [2.45, 2.75) is 18.9 Å². The van der Waals surface area contributed by atoms with Crippen LogP contribution in [0.1, 0.15) is 23.2 Å². The Kier molecular flexibility index (Phi) is 8.76. The van der Waals surface area contributed by atoms with Crippen LogP contribution in [0, 0.1) is 0 Å². The lowest BCUT2D eigenvalue weighted by molar-refractivity contribution is 0.0929. The largest absolute Gasteiger partial charge is 0.354 e. The lowest BCUT2D eigenvalue weighted by Gasteiger charge is -2.33. The van der Waals surface area contributed by atoms with Crippen molar-refractivity contribution in [2.75, 3.05) is 51.2 Å². The zero-order valence-corrected chi connectivity index (χ0v) is 15.7. The van der Waals surface area contributed by atoms with Crippen molar-refractivity contribution in [3.05, 3.63) is 23.9 Å². The predicted octanol–water partition coefficient (Wildman–Crippen LogP) is 1.16. The number of likely N-dealkylation sites (N-methyl/N-ethyl adjacent to an activating group) is 1. The average molecular weight is 376 g/mol. The highest BCUT2D eigenvalue weighted by Crippen LogP contribution is 2.15. The molecule has 0 atom stereocenters. The summed E-state index contributed by atoms with van der Waals surface area (Å²) in [5.74, 6) is 0.927. The predicted molar refractivity (Wildman–Crippen MR) is 102 cm³/mol. The number of carbonyl (C=O) groups is 1.